The molecule has 0 unspecified atom stereocenters. The van der Waals surface area contributed by atoms with Crippen molar-refractivity contribution in [3.05, 3.63) is 29.8 Å². The Kier molecular flexibility index (Phi) is 3.61. The zero-order valence-corrected chi connectivity index (χ0v) is 12.5. The molecule has 0 saturated carbocycles. The maximum atomic E-state index is 12.4. The smallest absolute Gasteiger partial charge is 0.238 e. The van der Waals surface area contributed by atoms with E-state index in [1.54, 1.807) is 12.1 Å². The summed E-state index contributed by atoms with van der Waals surface area (Å²) in [7, 11) is -5.37. The maximum absolute atomic E-state index is 12.4. The fraction of sp³-hybridized carbons (Fsp3) is 0.500. The third-order valence-electron chi connectivity index (χ3n) is 3.39. The Bertz CT molecular complexity index is 662. The van der Waals surface area contributed by atoms with Gasteiger partial charge in [-0.05, 0) is 25.5 Å². The molecule has 1 atom stereocenters. The average molecular weight is 303 g/mol. The minimum atomic E-state index is -3.62. The molecule has 1 aromatic carbocycles. The molecule has 1 fully saturated rings. The topological polar surface area (TPSA) is 71.5 Å². The van der Waals surface area contributed by atoms with Crippen LogP contribution in [0.5, 0.6) is 0 Å². The highest BCUT2D eigenvalue weighted by molar-refractivity contribution is 7.97. The first-order valence-electron chi connectivity index (χ1n) is 5.97. The summed E-state index contributed by atoms with van der Waals surface area (Å²) >= 11 is 0. The summed E-state index contributed by atoms with van der Waals surface area (Å²) in [4.78, 5) is 0. The van der Waals surface area contributed by atoms with Crippen LogP contribution in [0.1, 0.15) is 12.0 Å². The lowest BCUT2D eigenvalue weighted by molar-refractivity contribution is 0.580. The van der Waals surface area contributed by atoms with Gasteiger partial charge in [-0.3, -0.25) is 4.31 Å². The largest absolute Gasteiger partial charge is 0.273 e. The van der Waals surface area contributed by atoms with Crippen molar-refractivity contribution < 1.29 is 16.8 Å². The second-order valence-electron chi connectivity index (χ2n) is 4.87. The SMILES string of the molecule is Cc1ccc(N(C)S(=O)(=O)[C@H]2CCS(=O)(=O)C2)cc1. The second-order valence-corrected chi connectivity index (χ2v) is 9.35. The van der Waals surface area contributed by atoms with Crippen LogP contribution in [-0.4, -0.2) is 40.6 Å². The van der Waals surface area contributed by atoms with Crippen molar-refractivity contribution in [3.63, 3.8) is 0 Å². The Morgan fingerprint density at radius 3 is 2.26 bits per heavy atom. The van der Waals surface area contributed by atoms with Crippen LogP contribution in [0, 0.1) is 6.92 Å². The highest BCUT2D eigenvalue weighted by Gasteiger charge is 2.39. The van der Waals surface area contributed by atoms with Crippen LogP contribution >= 0.6 is 0 Å². The molecule has 1 aliphatic rings. The van der Waals surface area contributed by atoms with Gasteiger partial charge in [0.15, 0.2) is 9.84 Å². The zero-order chi connectivity index (χ0) is 14.3. The van der Waals surface area contributed by atoms with Gasteiger partial charge in [-0.1, -0.05) is 17.7 Å². The molecule has 0 N–H and O–H groups in total. The predicted molar refractivity (Wildman–Crippen MR) is 75.6 cm³/mol. The Balaban J connectivity index is 2.27. The second kappa shape index (κ2) is 4.79. The van der Waals surface area contributed by atoms with Gasteiger partial charge in [-0.15, -0.1) is 0 Å². The van der Waals surface area contributed by atoms with E-state index in [1.807, 2.05) is 19.1 Å². The van der Waals surface area contributed by atoms with Gasteiger partial charge in [-0.2, -0.15) is 0 Å². The summed E-state index contributed by atoms with van der Waals surface area (Å²) in [6.45, 7) is 1.92. The van der Waals surface area contributed by atoms with Gasteiger partial charge in [0.1, 0.15) is 0 Å². The lowest BCUT2D eigenvalue weighted by Crippen LogP contribution is -2.36. The Morgan fingerprint density at radius 2 is 1.79 bits per heavy atom. The van der Waals surface area contributed by atoms with Gasteiger partial charge in [0, 0.05) is 7.05 Å². The fourth-order valence-electron chi connectivity index (χ4n) is 2.12. The van der Waals surface area contributed by atoms with E-state index in [4.69, 9.17) is 0 Å². The van der Waals surface area contributed by atoms with E-state index in [2.05, 4.69) is 0 Å². The summed E-state index contributed by atoms with van der Waals surface area (Å²) in [6.07, 6.45) is 0.181. The van der Waals surface area contributed by atoms with Crippen LogP contribution in [0.3, 0.4) is 0 Å². The summed E-state index contributed by atoms with van der Waals surface area (Å²) < 4.78 is 48.7. The summed E-state index contributed by atoms with van der Waals surface area (Å²) in [5.74, 6) is -0.315. The molecule has 1 heterocycles. The summed E-state index contributed by atoms with van der Waals surface area (Å²) in [5.41, 5.74) is 1.59. The number of sulfone groups is 1. The summed E-state index contributed by atoms with van der Waals surface area (Å²) in [6, 6.07) is 7.09. The van der Waals surface area contributed by atoms with Crippen molar-refractivity contribution in [1.29, 1.82) is 0 Å². The molecule has 0 aliphatic carbocycles. The zero-order valence-electron chi connectivity index (χ0n) is 10.9. The molecule has 1 aliphatic heterocycles. The molecule has 2 rings (SSSR count). The Labute approximate surface area is 114 Å². The van der Waals surface area contributed by atoms with E-state index in [0.29, 0.717) is 5.69 Å². The van der Waals surface area contributed by atoms with Crippen LogP contribution in [0.25, 0.3) is 0 Å². The number of sulfonamides is 1. The van der Waals surface area contributed by atoms with Crippen LogP contribution < -0.4 is 4.31 Å². The lowest BCUT2D eigenvalue weighted by Gasteiger charge is -2.22. The summed E-state index contributed by atoms with van der Waals surface area (Å²) in [5, 5.41) is -0.830. The van der Waals surface area contributed by atoms with E-state index >= 15 is 0 Å². The first-order valence-corrected chi connectivity index (χ1v) is 9.30. The fourth-order valence-corrected chi connectivity index (χ4v) is 6.40. The molecule has 106 valence electrons. The standard InChI is InChI=1S/C12H17NO4S2/c1-10-3-5-11(6-4-10)13(2)19(16,17)12-7-8-18(14,15)9-12/h3-6,12H,7-9H2,1-2H3/t12-/m0/s1. The first-order chi connectivity index (χ1) is 8.72. The molecule has 19 heavy (non-hydrogen) atoms. The molecule has 0 bridgehead atoms. The number of aryl methyl sites for hydroxylation is 1. The molecule has 0 spiro atoms. The van der Waals surface area contributed by atoms with Crippen LogP contribution in [-0.2, 0) is 19.9 Å². The van der Waals surface area contributed by atoms with Crippen molar-refractivity contribution in [2.45, 2.75) is 18.6 Å². The molecule has 0 amide bonds. The number of rotatable bonds is 3. The van der Waals surface area contributed by atoms with Crippen molar-refractivity contribution in [3.8, 4) is 0 Å². The van der Waals surface area contributed by atoms with E-state index in [1.165, 1.54) is 11.4 Å². The van der Waals surface area contributed by atoms with Crippen molar-refractivity contribution in [1.82, 2.24) is 0 Å². The molecule has 5 nitrogen and oxygen atoms in total. The minimum Gasteiger partial charge on any atom is -0.273 e. The third kappa shape index (κ3) is 2.92. The Hall–Kier alpha value is -1.08. The highest BCUT2D eigenvalue weighted by Crippen LogP contribution is 2.25. The number of hydrogen-bond donors (Lipinski definition) is 0. The monoisotopic (exact) mass is 303 g/mol. The van der Waals surface area contributed by atoms with E-state index < -0.39 is 25.1 Å². The van der Waals surface area contributed by atoms with Gasteiger partial charge in [0.05, 0.1) is 22.4 Å². The molecule has 0 aromatic heterocycles. The molecule has 0 radical (unpaired) electrons. The average Bonchev–Trinajstić information content (AvgIpc) is 2.70. The van der Waals surface area contributed by atoms with E-state index in [-0.39, 0.29) is 17.9 Å². The van der Waals surface area contributed by atoms with Crippen molar-refractivity contribution in [2.75, 3.05) is 22.9 Å². The molecule has 1 aromatic rings. The van der Waals surface area contributed by atoms with Crippen LogP contribution in [0.2, 0.25) is 0 Å². The molecular formula is C12H17NO4S2. The van der Waals surface area contributed by atoms with Crippen molar-refractivity contribution >= 4 is 25.5 Å². The highest BCUT2D eigenvalue weighted by atomic mass is 32.2. The van der Waals surface area contributed by atoms with Crippen molar-refractivity contribution in [2.24, 2.45) is 0 Å². The number of anilines is 1. The van der Waals surface area contributed by atoms with Gasteiger partial charge in [0.25, 0.3) is 0 Å². The van der Waals surface area contributed by atoms with Gasteiger partial charge in [-0.25, -0.2) is 16.8 Å². The number of nitrogens with zero attached hydrogens (tertiary/aromatic N) is 1. The third-order valence-corrected chi connectivity index (χ3v) is 7.59. The normalized spacial score (nSPS) is 22.3. The molecule has 7 heteroatoms. The molecule has 1 saturated heterocycles. The van der Waals surface area contributed by atoms with Gasteiger partial charge >= 0.3 is 0 Å². The van der Waals surface area contributed by atoms with E-state index in [9.17, 15) is 16.8 Å². The predicted octanol–water partition coefficient (Wildman–Crippen LogP) is 0.948. The maximum Gasteiger partial charge on any atom is 0.238 e. The Morgan fingerprint density at radius 1 is 1.21 bits per heavy atom. The van der Waals surface area contributed by atoms with E-state index in [0.717, 1.165) is 5.56 Å². The first kappa shape index (κ1) is 14.3. The van der Waals surface area contributed by atoms with Crippen LogP contribution in [0.15, 0.2) is 24.3 Å². The van der Waals surface area contributed by atoms with Crippen LogP contribution in [0.4, 0.5) is 5.69 Å². The number of benzene rings is 1. The minimum absolute atomic E-state index is 0.0430. The van der Waals surface area contributed by atoms with Gasteiger partial charge in [0.2, 0.25) is 10.0 Å². The quantitative estimate of drug-likeness (QED) is 0.833. The molecular weight excluding hydrogens is 286 g/mol. The lowest BCUT2D eigenvalue weighted by atomic mass is 10.2. The van der Waals surface area contributed by atoms with Gasteiger partial charge < -0.3 is 0 Å². The number of hydrogen-bond acceptors (Lipinski definition) is 4.